The Kier molecular flexibility index (Phi) is 8.48. The van der Waals surface area contributed by atoms with Crippen LogP contribution in [0.25, 0.3) is 0 Å². The van der Waals surface area contributed by atoms with E-state index in [1.165, 1.54) is 4.31 Å². The molecule has 2 heterocycles. The van der Waals surface area contributed by atoms with Gasteiger partial charge in [0, 0.05) is 41.6 Å². The third kappa shape index (κ3) is 5.18. The topological polar surface area (TPSA) is 97.7 Å². The van der Waals surface area contributed by atoms with Crippen molar-refractivity contribution in [3.8, 4) is 0 Å². The van der Waals surface area contributed by atoms with E-state index in [4.69, 9.17) is 4.74 Å². The molecule has 0 radical (unpaired) electrons. The quantitative estimate of drug-likeness (QED) is 0.427. The van der Waals surface area contributed by atoms with E-state index in [-0.39, 0.29) is 29.5 Å². The first kappa shape index (κ1) is 26.3. The van der Waals surface area contributed by atoms with Crippen LogP contribution in [0.2, 0.25) is 0 Å². The maximum Gasteiger partial charge on any atom is 0.341 e. The fourth-order valence-electron chi connectivity index (χ4n) is 4.54. The maximum absolute atomic E-state index is 13.8. The van der Waals surface area contributed by atoms with Gasteiger partial charge in [-0.25, -0.2) is 13.2 Å². The van der Waals surface area contributed by atoms with Crippen LogP contribution in [-0.4, -0.2) is 55.1 Å². The minimum absolute atomic E-state index is 0.0148. The van der Waals surface area contributed by atoms with Crippen molar-refractivity contribution >= 4 is 39.3 Å². The van der Waals surface area contributed by atoms with E-state index in [1.54, 1.807) is 32.5 Å². The zero-order valence-corrected chi connectivity index (χ0v) is 22.0. The van der Waals surface area contributed by atoms with Gasteiger partial charge in [-0.15, -0.1) is 11.8 Å². The number of aromatic nitrogens is 1. The minimum atomic E-state index is -4.02. The molecule has 1 saturated heterocycles. The number of nitrogens with one attached hydrogen (secondary N) is 1. The summed E-state index contributed by atoms with van der Waals surface area (Å²) in [5.41, 5.74) is 1.84. The van der Waals surface area contributed by atoms with Gasteiger partial charge in [0.2, 0.25) is 15.9 Å². The monoisotopic (exact) mass is 507 g/mol. The van der Waals surface area contributed by atoms with Gasteiger partial charge in [-0.05, 0) is 65.0 Å². The Morgan fingerprint density at radius 3 is 2.59 bits per heavy atom. The Morgan fingerprint density at radius 1 is 1.21 bits per heavy atom. The summed E-state index contributed by atoms with van der Waals surface area (Å²) >= 11 is 1.58. The lowest BCUT2D eigenvalue weighted by molar-refractivity contribution is -0.120. The van der Waals surface area contributed by atoms with Crippen LogP contribution < -0.4 is 5.32 Å². The van der Waals surface area contributed by atoms with Gasteiger partial charge in [-0.3, -0.25) is 4.79 Å². The van der Waals surface area contributed by atoms with Gasteiger partial charge in [0.15, 0.2) is 0 Å². The predicted octanol–water partition coefficient (Wildman–Crippen LogP) is 4.06. The van der Waals surface area contributed by atoms with Crippen LogP contribution in [0.4, 0.5) is 5.69 Å². The molecule has 0 bridgehead atoms. The molecule has 10 heteroatoms. The SMILES string of the molecule is CCOC(=O)c1c(S(=O)(=O)N2CCC[C@H](C(=O)Nc3cccc(SC)c3)C2)c(C)n(CC)c1C. The van der Waals surface area contributed by atoms with Gasteiger partial charge >= 0.3 is 5.97 Å². The van der Waals surface area contributed by atoms with Crippen LogP contribution in [0, 0.1) is 19.8 Å². The average Bonchev–Trinajstić information content (AvgIpc) is 3.09. The van der Waals surface area contributed by atoms with Crippen molar-refractivity contribution in [1.29, 1.82) is 0 Å². The number of benzene rings is 1. The third-order valence-corrected chi connectivity index (χ3v) is 8.97. The van der Waals surface area contributed by atoms with Crippen LogP contribution in [0.5, 0.6) is 0 Å². The highest BCUT2D eigenvalue weighted by molar-refractivity contribution is 7.98. The van der Waals surface area contributed by atoms with E-state index in [1.807, 2.05) is 42.0 Å². The highest BCUT2D eigenvalue weighted by atomic mass is 32.2. The van der Waals surface area contributed by atoms with Crippen molar-refractivity contribution in [1.82, 2.24) is 8.87 Å². The van der Waals surface area contributed by atoms with Crippen molar-refractivity contribution < 1.29 is 22.7 Å². The summed E-state index contributed by atoms with van der Waals surface area (Å²) in [6, 6.07) is 7.55. The summed E-state index contributed by atoms with van der Waals surface area (Å²) in [6.07, 6.45) is 3.12. The Balaban J connectivity index is 1.89. The number of rotatable bonds is 8. The fraction of sp³-hybridized carbons (Fsp3) is 0.500. The van der Waals surface area contributed by atoms with Gasteiger partial charge in [0.25, 0.3) is 0 Å². The van der Waals surface area contributed by atoms with Gasteiger partial charge in [0.1, 0.15) is 10.5 Å². The molecule has 1 fully saturated rings. The van der Waals surface area contributed by atoms with Crippen molar-refractivity contribution in [2.24, 2.45) is 5.92 Å². The van der Waals surface area contributed by atoms with E-state index in [2.05, 4.69) is 5.32 Å². The third-order valence-electron chi connectivity index (χ3n) is 6.21. The predicted molar refractivity (Wildman–Crippen MR) is 134 cm³/mol. The summed E-state index contributed by atoms with van der Waals surface area (Å²) in [7, 11) is -4.02. The van der Waals surface area contributed by atoms with Crippen LogP contribution in [-0.2, 0) is 26.1 Å². The second kappa shape index (κ2) is 11.0. The molecule has 0 spiro atoms. The zero-order valence-electron chi connectivity index (χ0n) is 20.4. The van der Waals surface area contributed by atoms with Crippen LogP contribution in [0.15, 0.2) is 34.1 Å². The molecule has 1 atom stereocenters. The fourth-order valence-corrected chi connectivity index (χ4v) is 6.97. The molecule has 1 aliphatic rings. The summed E-state index contributed by atoms with van der Waals surface area (Å²) in [5, 5.41) is 2.93. The van der Waals surface area contributed by atoms with Crippen molar-refractivity contribution in [2.45, 2.75) is 56.9 Å². The number of piperidine rings is 1. The number of ether oxygens (including phenoxy) is 1. The number of sulfonamides is 1. The van der Waals surface area contributed by atoms with Crippen LogP contribution >= 0.6 is 11.8 Å². The van der Waals surface area contributed by atoms with E-state index in [9.17, 15) is 18.0 Å². The molecule has 8 nitrogen and oxygen atoms in total. The number of carbonyl (C=O) groups is 2. The molecule has 34 heavy (non-hydrogen) atoms. The summed E-state index contributed by atoms with van der Waals surface area (Å²) in [5.74, 6) is -1.33. The first-order valence-corrected chi connectivity index (χ1v) is 14.1. The molecular weight excluding hydrogens is 474 g/mol. The zero-order chi connectivity index (χ0) is 25.0. The van der Waals surface area contributed by atoms with E-state index in [0.29, 0.717) is 43.0 Å². The lowest BCUT2D eigenvalue weighted by Crippen LogP contribution is -2.44. The molecule has 3 rings (SSSR count). The Hall–Kier alpha value is -2.30. The van der Waals surface area contributed by atoms with Crippen LogP contribution in [0.3, 0.4) is 0 Å². The molecule has 186 valence electrons. The van der Waals surface area contributed by atoms with E-state index in [0.717, 1.165) is 4.90 Å². The van der Waals surface area contributed by atoms with Crippen molar-refractivity contribution in [2.75, 3.05) is 31.3 Å². The number of hydrogen-bond acceptors (Lipinski definition) is 6. The Labute approximate surface area is 206 Å². The molecule has 1 amide bonds. The van der Waals surface area contributed by atoms with Gasteiger partial charge in [-0.2, -0.15) is 4.31 Å². The first-order valence-electron chi connectivity index (χ1n) is 11.5. The average molecular weight is 508 g/mol. The van der Waals surface area contributed by atoms with Crippen molar-refractivity contribution in [3.63, 3.8) is 0 Å². The molecule has 1 aliphatic heterocycles. The Bertz CT molecular complexity index is 1170. The van der Waals surface area contributed by atoms with Gasteiger partial charge < -0.3 is 14.6 Å². The number of esters is 1. The number of thioether (sulfide) groups is 1. The number of anilines is 1. The molecule has 0 unspecified atom stereocenters. The Morgan fingerprint density at radius 2 is 1.94 bits per heavy atom. The molecule has 1 N–H and O–H groups in total. The first-order chi connectivity index (χ1) is 16.1. The summed E-state index contributed by atoms with van der Waals surface area (Å²) in [4.78, 5) is 26.7. The van der Waals surface area contributed by atoms with Crippen molar-refractivity contribution in [3.05, 3.63) is 41.2 Å². The normalized spacial score (nSPS) is 16.9. The number of carbonyl (C=O) groups excluding carboxylic acids is 2. The standard InChI is InChI=1S/C24H33N3O5S2/c1-6-27-16(3)21(24(29)32-7-2)22(17(27)4)34(30,31)26-13-9-10-18(15-26)23(28)25-19-11-8-12-20(14-19)33-5/h8,11-12,14,18H,6-7,9-10,13,15H2,1-5H3,(H,25,28)/t18-/m0/s1. The van der Waals surface area contributed by atoms with E-state index >= 15 is 0 Å². The smallest absolute Gasteiger partial charge is 0.341 e. The molecule has 0 saturated carbocycles. The largest absolute Gasteiger partial charge is 0.462 e. The molecular formula is C24H33N3O5S2. The number of nitrogens with zero attached hydrogens (tertiary/aromatic N) is 2. The minimum Gasteiger partial charge on any atom is -0.462 e. The molecule has 1 aromatic heterocycles. The number of amides is 1. The highest BCUT2D eigenvalue weighted by Gasteiger charge is 2.39. The maximum atomic E-state index is 13.8. The summed E-state index contributed by atoms with van der Waals surface area (Å²) in [6.45, 7) is 8.07. The molecule has 2 aromatic rings. The summed E-state index contributed by atoms with van der Waals surface area (Å²) < 4.78 is 35.9. The van der Waals surface area contributed by atoms with Crippen LogP contribution in [0.1, 0.15) is 48.4 Å². The van der Waals surface area contributed by atoms with E-state index < -0.39 is 21.9 Å². The molecule has 1 aromatic carbocycles. The van der Waals surface area contributed by atoms with Gasteiger partial charge in [-0.1, -0.05) is 6.07 Å². The van der Waals surface area contributed by atoms with Gasteiger partial charge in [0.05, 0.1) is 12.5 Å². The lowest BCUT2D eigenvalue weighted by Gasteiger charge is -2.31. The molecule has 0 aliphatic carbocycles. The second-order valence-corrected chi connectivity index (χ2v) is 11.0. The highest BCUT2D eigenvalue weighted by Crippen LogP contribution is 2.33. The number of hydrogen-bond donors (Lipinski definition) is 1. The lowest BCUT2D eigenvalue weighted by atomic mass is 9.99. The second-order valence-electron chi connectivity index (χ2n) is 8.26.